The van der Waals surface area contributed by atoms with Crippen LogP contribution in [0.4, 0.5) is 13.2 Å². The number of hydrogen-bond donors (Lipinski definition) is 2. The standard InChI is InChI=1S/C8H16F3NO/c1-5(2)4-6(3)12-7(13)8(9,10)11/h5-7,12-13H,4H2,1-3H3/t6-,7?/m1/s1. The first-order valence-corrected chi connectivity index (χ1v) is 4.24. The molecule has 0 amide bonds. The predicted molar refractivity (Wildman–Crippen MR) is 44.1 cm³/mol. The molecular formula is C8H16F3NO. The average molecular weight is 199 g/mol. The van der Waals surface area contributed by atoms with E-state index in [-0.39, 0.29) is 6.04 Å². The summed E-state index contributed by atoms with van der Waals surface area (Å²) in [7, 11) is 0. The van der Waals surface area contributed by atoms with E-state index in [4.69, 9.17) is 5.11 Å². The molecule has 2 nitrogen and oxygen atoms in total. The van der Waals surface area contributed by atoms with Crippen molar-refractivity contribution in [3.63, 3.8) is 0 Å². The highest BCUT2D eigenvalue weighted by atomic mass is 19.4. The molecule has 0 aromatic heterocycles. The van der Waals surface area contributed by atoms with E-state index >= 15 is 0 Å². The summed E-state index contributed by atoms with van der Waals surface area (Å²) in [5, 5.41) is 10.7. The van der Waals surface area contributed by atoms with Gasteiger partial charge in [-0.1, -0.05) is 13.8 Å². The zero-order valence-corrected chi connectivity index (χ0v) is 8.02. The molecule has 0 aliphatic rings. The molecule has 0 saturated heterocycles. The Morgan fingerprint density at radius 1 is 1.23 bits per heavy atom. The molecule has 13 heavy (non-hydrogen) atoms. The van der Waals surface area contributed by atoms with Crippen LogP contribution in [0.5, 0.6) is 0 Å². The maximum Gasteiger partial charge on any atom is 0.427 e. The molecule has 0 saturated carbocycles. The summed E-state index contributed by atoms with van der Waals surface area (Å²) < 4.78 is 35.5. The molecular weight excluding hydrogens is 183 g/mol. The molecule has 0 heterocycles. The normalized spacial score (nSPS) is 17.5. The van der Waals surface area contributed by atoms with Crippen LogP contribution in [0, 0.1) is 5.92 Å². The van der Waals surface area contributed by atoms with E-state index in [9.17, 15) is 13.2 Å². The van der Waals surface area contributed by atoms with Gasteiger partial charge in [0.1, 0.15) is 0 Å². The Morgan fingerprint density at radius 2 is 1.69 bits per heavy atom. The number of nitrogens with one attached hydrogen (secondary N) is 1. The van der Waals surface area contributed by atoms with Crippen LogP contribution in [0.3, 0.4) is 0 Å². The van der Waals surface area contributed by atoms with E-state index in [0.29, 0.717) is 12.3 Å². The molecule has 0 radical (unpaired) electrons. The van der Waals surface area contributed by atoms with Crippen LogP contribution in [0.2, 0.25) is 0 Å². The first kappa shape index (κ1) is 12.7. The first-order valence-electron chi connectivity index (χ1n) is 4.24. The molecule has 2 N–H and O–H groups in total. The summed E-state index contributed by atoms with van der Waals surface area (Å²) in [6.45, 7) is 5.45. The monoisotopic (exact) mass is 199 g/mol. The number of halogens is 3. The average Bonchev–Trinajstić information content (AvgIpc) is 1.82. The van der Waals surface area contributed by atoms with Crippen LogP contribution >= 0.6 is 0 Å². The second-order valence-electron chi connectivity index (χ2n) is 3.64. The smallest absolute Gasteiger partial charge is 0.370 e. The van der Waals surface area contributed by atoms with Gasteiger partial charge in [0.05, 0.1) is 0 Å². The largest absolute Gasteiger partial charge is 0.427 e. The Labute approximate surface area is 76.1 Å². The van der Waals surface area contributed by atoms with Crippen molar-refractivity contribution >= 4 is 0 Å². The Morgan fingerprint density at radius 3 is 2.00 bits per heavy atom. The molecule has 5 heteroatoms. The lowest BCUT2D eigenvalue weighted by Crippen LogP contribution is -2.46. The van der Waals surface area contributed by atoms with Gasteiger partial charge >= 0.3 is 6.18 Å². The van der Waals surface area contributed by atoms with Crippen LogP contribution < -0.4 is 5.32 Å². The van der Waals surface area contributed by atoms with Crippen LogP contribution in [0.15, 0.2) is 0 Å². The lowest BCUT2D eigenvalue weighted by atomic mass is 10.1. The quantitative estimate of drug-likeness (QED) is 0.678. The van der Waals surface area contributed by atoms with Gasteiger partial charge in [0.25, 0.3) is 0 Å². The van der Waals surface area contributed by atoms with Crippen molar-refractivity contribution < 1.29 is 18.3 Å². The van der Waals surface area contributed by atoms with E-state index in [1.54, 1.807) is 6.92 Å². The van der Waals surface area contributed by atoms with Crippen molar-refractivity contribution in [2.75, 3.05) is 0 Å². The maximum absolute atomic E-state index is 11.8. The van der Waals surface area contributed by atoms with Crippen LogP contribution in [-0.2, 0) is 0 Å². The summed E-state index contributed by atoms with van der Waals surface area (Å²) in [5.41, 5.74) is 0. The molecule has 0 rings (SSSR count). The van der Waals surface area contributed by atoms with Gasteiger partial charge in [0.15, 0.2) is 0 Å². The predicted octanol–water partition coefficient (Wildman–Crippen LogP) is 1.89. The van der Waals surface area contributed by atoms with Crippen LogP contribution in [-0.4, -0.2) is 23.6 Å². The second-order valence-corrected chi connectivity index (χ2v) is 3.64. The van der Waals surface area contributed by atoms with Gasteiger partial charge in [0, 0.05) is 6.04 Å². The van der Waals surface area contributed by atoms with Gasteiger partial charge in [0.2, 0.25) is 6.23 Å². The molecule has 0 aromatic rings. The number of alkyl halides is 3. The molecule has 1 unspecified atom stereocenters. The molecule has 2 atom stereocenters. The topological polar surface area (TPSA) is 32.3 Å². The summed E-state index contributed by atoms with van der Waals surface area (Å²) in [6.07, 6.45) is -6.39. The zero-order chi connectivity index (χ0) is 10.6. The Kier molecular flexibility index (Phi) is 4.70. The molecule has 0 bridgehead atoms. The minimum Gasteiger partial charge on any atom is -0.370 e. The van der Waals surface area contributed by atoms with Crippen molar-refractivity contribution in [2.24, 2.45) is 5.92 Å². The van der Waals surface area contributed by atoms with E-state index in [1.807, 2.05) is 13.8 Å². The summed E-state index contributed by atoms with van der Waals surface area (Å²) in [4.78, 5) is 0. The van der Waals surface area contributed by atoms with Gasteiger partial charge in [-0.15, -0.1) is 0 Å². The summed E-state index contributed by atoms with van der Waals surface area (Å²) in [5.74, 6) is 0.308. The van der Waals surface area contributed by atoms with E-state index in [2.05, 4.69) is 5.32 Å². The third kappa shape index (κ3) is 5.87. The molecule has 80 valence electrons. The molecule has 0 spiro atoms. The Balaban J connectivity index is 3.85. The third-order valence-electron chi connectivity index (χ3n) is 1.58. The number of rotatable bonds is 4. The Bertz CT molecular complexity index is 147. The van der Waals surface area contributed by atoms with E-state index < -0.39 is 12.4 Å². The van der Waals surface area contributed by atoms with Crippen molar-refractivity contribution in [1.29, 1.82) is 0 Å². The fourth-order valence-electron chi connectivity index (χ4n) is 1.14. The second kappa shape index (κ2) is 4.81. The zero-order valence-electron chi connectivity index (χ0n) is 8.02. The number of hydrogen-bond acceptors (Lipinski definition) is 2. The van der Waals surface area contributed by atoms with Crippen LogP contribution in [0.25, 0.3) is 0 Å². The molecule has 0 fully saturated rings. The van der Waals surface area contributed by atoms with E-state index in [1.165, 1.54) is 0 Å². The van der Waals surface area contributed by atoms with Gasteiger partial charge in [-0.2, -0.15) is 13.2 Å². The Hall–Kier alpha value is -0.290. The van der Waals surface area contributed by atoms with Gasteiger partial charge in [-0.05, 0) is 19.3 Å². The van der Waals surface area contributed by atoms with Gasteiger partial charge < -0.3 is 5.11 Å². The van der Waals surface area contributed by atoms with Crippen molar-refractivity contribution in [3.8, 4) is 0 Å². The lowest BCUT2D eigenvalue weighted by molar-refractivity contribution is -0.215. The van der Waals surface area contributed by atoms with Crippen molar-refractivity contribution in [1.82, 2.24) is 5.32 Å². The molecule has 0 aliphatic carbocycles. The fourth-order valence-corrected chi connectivity index (χ4v) is 1.14. The molecule has 0 aromatic carbocycles. The third-order valence-corrected chi connectivity index (χ3v) is 1.58. The van der Waals surface area contributed by atoms with E-state index in [0.717, 1.165) is 0 Å². The SMILES string of the molecule is CC(C)C[C@@H](C)NC(O)C(F)(F)F. The minimum atomic E-state index is -4.58. The fraction of sp³-hybridized carbons (Fsp3) is 1.00. The van der Waals surface area contributed by atoms with Gasteiger partial charge in [-0.25, -0.2) is 0 Å². The van der Waals surface area contributed by atoms with Gasteiger partial charge in [-0.3, -0.25) is 5.32 Å². The van der Waals surface area contributed by atoms with Crippen molar-refractivity contribution in [2.45, 2.75) is 45.6 Å². The summed E-state index contributed by atoms with van der Waals surface area (Å²) >= 11 is 0. The van der Waals surface area contributed by atoms with Crippen molar-refractivity contribution in [3.05, 3.63) is 0 Å². The highest BCUT2D eigenvalue weighted by Gasteiger charge is 2.38. The number of aliphatic hydroxyl groups is 1. The van der Waals surface area contributed by atoms with Crippen LogP contribution in [0.1, 0.15) is 27.2 Å². The number of aliphatic hydroxyl groups excluding tert-OH is 1. The lowest BCUT2D eigenvalue weighted by Gasteiger charge is -2.22. The summed E-state index contributed by atoms with van der Waals surface area (Å²) in [6, 6.07) is -0.336. The highest BCUT2D eigenvalue weighted by Crippen LogP contribution is 2.19. The maximum atomic E-state index is 11.8. The minimum absolute atomic E-state index is 0.308. The highest BCUT2D eigenvalue weighted by molar-refractivity contribution is 4.69. The molecule has 0 aliphatic heterocycles. The first-order chi connectivity index (χ1) is 5.73.